The molecule has 0 bridgehead atoms. The average molecular weight is 303 g/mol. The van der Waals surface area contributed by atoms with Crippen LogP contribution in [-0.2, 0) is 0 Å². The summed E-state index contributed by atoms with van der Waals surface area (Å²) in [5.74, 6) is 5.65. The van der Waals surface area contributed by atoms with E-state index >= 15 is 0 Å². The summed E-state index contributed by atoms with van der Waals surface area (Å²) in [4.78, 5) is 15.7. The number of carbonyl (C=O) groups is 1. The van der Waals surface area contributed by atoms with Crippen LogP contribution in [0.25, 0.3) is 22.3 Å². The molecule has 1 aromatic heterocycles. The molecule has 0 amide bonds. The van der Waals surface area contributed by atoms with E-state index in [2.05, 4.69) is 16.5 Å². The predicted octanol–water partition coefficient (Wildman–Crippen LogP) is 3.90. The van der Waals surface area contributed by atoms with Crippen LogP contribution >= 0.6 is 0 Å². The number of nitrogens with one attached hydrogen (secondary N) is 1. The van der Waals surface area contributed by atoms with Gasteiger partial charge in [0.15, 0.2) is 5.78 Å². The lowest BCUT2D eigenvalue weighted by Crippen LogP contribution is -2.09. The minimum absolute atomic E-state index is 0.0113. The number of nitrogens with zero attached hydrogens (tertiary/aromatic N) is 1. The summed E-state index contributed by atoms with van der Waals surface area (Å²) in [6.45, 7) is 1.54. The minimum atomic E-state index is 0.0113. The Morgan fingerprint density at radius 2 is 1.78 bits per heavy atom. The van der Waals surface area contributed by atoms with Crippen molar-refractivity contribution < 1.29 is 4.79 Å². The van der Waals surface area contributed by atoms with Gasteiger partial charge in [0.25, 0.3) is 0 Å². The fraction of sp³-hybridized carbons (Fsp3) is 0.0526. The van der Waals surface area contributed by atoms with Crippen LogP contribution in [0.2, 0.25) is 0 Å². The molecule has 3 aromatic rings. The van der Waals surface area contributed by atoms with Crippen LogP contribution in [0.1, 0.15) is 17.3 Å². The van der Waals surface area contributed by atoms with Crippen molar-refractivity contribution >= 4 is 11.5 Å². The Kier molecular flexibility index (Phi) is 4.17. The normalized spacial score (nSPS) is 10.3. The van der Waals surface area contributed by atoms with Gasteiger partial charge in [0, 0.05) is 29.1 Å². The molecule has 0 radical (unpaired) electrons. The first kappa shape index (κ1) is 14.9. The Bertz CT molecular complexity index is 844. The molecule has 0 aliphatic carbocycles. The Hall–Kier alpha value is -2.98. The fourth-order valence-electron chi connectivity index (χ4n) is 2.53. The van der Waals surface area contributed by atoms with Gasteiger partial charge in [-0.25, -0.2) is 0 Å². The molecule has 0 aliphatic heterocycles. The zero-order valence-electron chi connectivity index (χ0n) is 12.8. The van der Waals surface area contributed by atoms with Crippen LogP contribution in [0.5, 0.6) is 0 Å². The van der Waals surface area contributed by atoms with E-state index in [4.69, 9.17) is 5.84 Å². The third-order valence-electron chi connectivity index (χ3n) is 3.75. The average Bonchev–Trinajstić information content (AvgIpc) is 2.62. The topological polar surface area (TPSA) is 68.0 Å². The second-order valence-electron chi connectivity index (χ2n) is 5.28. The molecule has 0 saturated carbocycles. The molecular weight excluding hydrogens is 286 g/mol. The summed E-state index contributed by atoms with van der Waals surface area (Å²) < 4.78 is 0. The van der Waals surface area contributed by atoms with Crippen LogP contribution in [0.4, 0.5) is 5.69 Å². The number of anilines is 1. The first-order valence-electron chi connectivity index (χ1n) is 7.31. The zero-order chi connectivity index (χ0) is 16.2. The summed E-state index contributed by atoms with van der Waals surface area (Å²) in [6, 6.07) is 17.6. The van der Waals surface area contributed by atoms with Crippen LogP contribution in [0, 0.1) is 0 Å². The number of hydrazine groups is 1. The van der Waals surface area contributed by atoms with Crippen molar-refractivity contribution in [3.63, 3.8) is 0 Å². The highest BCUT2D eigenvalue weighted by Crippen LogP contribution is 2.31. The van der Waals surface area contributed by atoms with Crippen LogP contribution in [0.15, 0.2) is 67.0 Å². The van der Waals surface area contributed by atoms with Crippen molar-refractivity contribution in [2.24, 2.45) is 5.84 Å². The second kappa shape index (κ2) is 6.42. The van der Waals surface area contributed by atoms with Gasteiger partial charge in [0.1, 0.15) is 0 Å². The van der Waals surface area contributed by atoms with E-state index in [9.17, 15) is 4.79 Å². The molecule has 0 unspecified atom stereocenters. The lowest BCUT2D eigenvalue weighted by Gasteiger charge is -2.12. The Morgan fingerprint density at radius 3 is 2.48 bits per heavy atom. The zero-order valence-corrected chi connectivity index (χ0v) is 12.8. The van der Waals surface area contributed by atoms with E-state index in [0.717, 1.165) is 27.9 Å². The largest absolute Gasteiger partial charge is 0.323 e. The fourth-order valence-corrected chi connectivity index (χ4v) is 2.53. The van der Waals surface area contributed by atoms with Gasteiger partial charge in [0.2, 0.25) is 0 Å². The number of ketones is 1. The number of benzene rings is 2. The smallest absolute Gasteiger partial charge is 0.159 e. The van der Waals surface area contributed by atoms with Gasteiger partial charge in [-0.3, -0.25) is 15.6 Å². The highest BCUT2D eigenvalue weighted by Gasteiger charge is 2.09. The van der Waals surface area contributed by atoms with Gasteiger partial charge in [-0.15, -0.1) is 0 Å². The van der Waals surface area contributed by atoms with Gasteiger partial charge < -0.3 is 5.43 Å². The van der Waals surface area contributed by atoms with Crippen molar-refractivity contribution in [3.05, 3.63) is 72.6 Å². The van der Waals surface area contributed by atoms with Crippen molar-refractivity contribution in [2.75, 3.05) is 5.43 Å². The van der Waals surface area contributed by atoms with Crippen LogP contribution in [0.3, 0.4) is 0 Å². The number of hydrogen-bond acceptors (Lipinski definition) is 4. The molecule has 1 heterocycles. The number of hydrogen-bond donors (Lipinski definition) is 2. The SMILES string of the molecule is CC(=O)c1ccc(-c2cccc(-c3cccnc3)c2)c(NN)c1. The Morgan fingerprint density at radius 1 is 1.00 bits per heavy atom. The molecule has 114 valence electrons. The highest BCUT2D eigenvalue weighted by molar-refractivity contribution is 5.96. The molecule has 2 aromatic carbocycles. The van der Waals surface area contributed by atoms with Gasteiger partial charge in [-0.05, 0) is 36.2 Å². The molecule has 3 N–H and O–H groups in total. The summed E-state index contributed by atoms with van der Waals surface area (Å²) in [7, 11) is 0. The van der Waals surface area contributed by atoms with Crippen molar-refractivity contribution in [1.82, 2.24) is 4.98 Å². The summed E-state index contributed by atoms with van der Waals surface area (Å²) in [5.41, 5.74) is 8.14. The summed E-state index contributed by atoms with van der Waals surface area (Å²) in [5, 5.41) is 0. The molecule has 0 atom stereocenters. The second-order valence-corrected chi connectivity index (χ2v) is 5.28. The molecule has 4 heteroatoms. The third-order valence-corrected chi connectivity index (χ3v) is 3.75. The summed E-state index contributed by atoms with van der Waals surface area (Å²) in [6.07, 6.45) is 3.59. The minimum Gasteiger partial charge on any atom is -0.323 e. The third kappa shape index (κ3) is 3.12. The van der Waals surface area contributed by atoms with Gasteiger partial charge in [-0.1, -0.05) is 36.4 Å². The Balaban J connectivity index is 2.07. The molecule has 4 nitrogen and oxygen atoms in total. The van der Waals surface area contributed by atoms with Gasteiger partial charge in [0.05, 0.1) is 5.69 Å². The maximum Gasteiger partial charge on any atom is 0.159 e. The predicted molar refractivity (Wildman–Crippen MR) is 92.9 cm³/mol. The highest BCUT2D eigenvalue weighted by atomic mass is 16.1. The molecule has 23 heavy (non-hydrogen) atoms. The maximum atomic E-state index is 11.5. The molecule has 0 spiro atoms. The van der Waals surface area contributed by atoms with Crippen LogP contribution in [-0.4, -0.2) is 10.8 Å². The molecule has 0 aliphatic rings. The molecule has 0 fully saturated rings. The monoisotopic (exact) mass is 303 g/mol. The standard InChI is InChI=1S/C19H17N3O/c1-13(23)14-7-8-18(19(11-14)22-20)16-5-2-4-15(10-16)17-6-3-9-21-12-17/h2-12,22H,20H2,1H3. The number of rotatable bonds is 4. The van der Waals surface area contributed by atoms with E-state index in [1.807, 2.05) is 48.7 Å². The quantitative estimate of drug-likeness (QED) is 0.436. The van der Waals surface area contributed by atoms with Crippen LogP contribution < -0.4 is 11.3 Å². The molecule has 0 saturated heterocycles. The lowest BCUT2D eigenvalue weighted by atomic mass is 9.97. The van der Waals surface area contributed by atoms with Crippen molar-refractivity contribution in [2.45, 2.75) is 6.92 Å². The van der Waals surface area contributed by atoms with Crippen molar-refractivity contribution in [1.29, 1.82) is 0 Å². The van der Waals surface area contributed by atoms with E-state index in [-0.39, 0.29) is 5.78 Å². The first-order chi connectivity index (χ1) is 11.2. The Labute approximate surface area is 135 Å². The number of aromatic nitrogens is 1. The molecule has 3 rings (SSSR count). The number of nitrogens with two attached hydrogens (primary N) is 1. The number of carbonyl (C=O) groups excluding carboxylic acids is 1. The van der Waals surface area contributed by atoms with E-state index in [1.54, 1.807) is 19.2 Å². The van der Waals surface area contributed by atoms with Gasteiger partial charge >= 0.3 is 0 Å². The van der Waals surface area contributed by atoms with E-state index in [0.29, 0.717) is 5.56 Å². The van der Waals surface area contributed by atoms with Crippen molar-refractivity contribution in [3.8, 4) is 22.3 Å². The van der Waals surface area contributed by atoms with E-state index < -0.39 is 0 Å². The summed E-state index contributed by atoms with van der Waals surface area (Å²) >= 11 is 0. The van der Waals surface area contributed by atoms with Gasteiger partial charge in [-0.2, -0.15) is 0 Å². The maximum absolute atomic E-state index is 11.5. The lowest BCUT2D eigenvalue weighted by molar-refractivity contribution is 0.101. The first-order valence-corrected chi connectivity index (χ1v) is 7.31. The number of pyridine rings is 1. The van der Waals surface area contributed by atoms with E-state index in [1.165, 1.54) is 0 Å². The molecular formula is C19H17N3O. The number of Topliss-reactive ketones (excluding diaryl/α,β-unsaturated/α-hetero) is 1. The number of nitrogen functional groups attached to an aromatic ring is 1.